The van der Waals surface area contributed by atoms with E-state index in [0.29, 0.717) is 5.56 Å². The summed E-state index contributed by atoms with van der Waals surface area (Å²) >= 11 is 1.64. The van der Waals surface area contributed by atoms with Gasteiger partial charge in [0.25, 0.3) is 5.91 Å². The van der Waals surface area contributed by atoms with Crippen LogP contribution in [-0.2, 0) is 4.79 Å². The smallest absolute Gasteiger partial charge is 0.254 e. The second-order valence-electron chi connectivity index (χ2n) is 10.5. The number of hydrogen-bond acceptors (Lipinski definition) is 5. The Balaban J connectivity index is 1.39. The van der Waals surface area contributed by atoms with E-state index in [1.807, 2.05) is 53.9 Å². The molecule has 2 fully saturated rings. The standard InChI is InChI=1S/C30H34N4O2S/c1-32-16-18-33(19-17-32)25-14-7-6-13-24(25)31-29(35)27-22-11-4-5-12-23(22)30(36)34(21-9-2-3-10-21)28(27)26-15-8-20-37-26/h4-8,11-15,20-21,27-28H,2-3,9-10,16-19H2,1H3,(H,31,35)/t27-,28+/m1/s1. The van der Waals surface area contributed by atoms with Crippen LogP contribution >= 0.6 is 11.3 Å². The molecule has 1 aliphatic carbocycles. The molecule has 0 unspecified atom stereocenters. The molecular weight excluding hydrogens is 480 g/mol. The van der Waals surface area contributed by atoms with Crippen LogP contribution in [0.15, 0.2) is 66.0 Å². The van der Waals surface area contributed by atoms with E-state index >= 15 is 0 Å². The van der Waals surface area contributed by atoms with Gasteiger partial charge in [-0.3, -0.25) is 9.59 Å². The normalized spacial score (nSPS) is 22.8. The number of anilines is 2. The molecule has 2 aromatic carbocycles. The van der Waals surface area contributed by atoms with Crippen molar-refractivity contribution in [3.63, 3.8) is 0 Å². The van der Waals surface area contributed by atoms with E-state index in [9.17, 15) is 9.59 Å². The van der Waals surface area contributed by atoms with Crippen molar-refractivity contribution in [2.24, 2.45) is 0 Å². The van der Waals surface area contributed by atoms with Crippen LogP contribution in [0.25, 0.3) is 0 Å². The van der Waals surface area contributed by atoms with Gasteiger partial charge in [-0.15, -0.1) is 11.3 Å². The third-order valence-electron chi connectivity index (χ3n) is 8.22. The molecule has 7 heteroatoms. The topological polar surface area (TPSA) is 55.9 Å². The van der Waals surface area contributed by atoms with Crippen molar-refractivity contribution in [3.8, 4) is 0 Å². The Morgan fingerprint density at radius 2 is 1.65 bits per heavy atom. The van der Waals surface area contributed by atoms with Crippen molar-refractivity contribution in [2.45, 2.75) is 43.7 Å². The fraction of sp³-hybridized carbons (Fsp3) is 0.400. The lowest BCUT2D eigenvalue weighted by atomic mass is 9.80. The number of nitrogens with one attached hydrogen (secondary N) is 1. The minimum Gasteiger partial charge on any atom is -0.367 e. The average Bonchev–Trinajstić information content (AvgIpc) is 3.64. The van der Waals surface area contributed by atoms with Crippen LogP contribution in [0.1, 0.15) is 58.4 Å². The maximum atomic E-state index is 14.3. The number of carbonyl (C=O) groups is 2. The van der Waals surface area contributed by atoms with Crippen LogP contribution < -0.4 is 10.2 Å². The highest BCUT2D eigenvalue weighted by Crippen LogP contribution is 2.47. The van der Waals surface area contributed by atoms with Gasteiger partial charge in [-0.05, 0) is 55.1 Å². The molecule has 3 heterocycles. The number of thiophene rings is 1. The van der Waals surface area contributed by atoms with Gasteiger partial charge in [0.1, 0.15) is 0 Å². The second kappa shape index (κ2) is 10.3. The molecule has 1 saturated heterocycles. The predicted octanol–water partition coefficient (Wildman–Crippen LogP) is 5.36. The lowest BCUT2D eigenvalue weighted by Gasteiger charge is -2.44. The Morgan fingerprint density at radius 1 is 0.919 bits per heavy atom. The zero-order chi connectivity index (χ0) is 25.4. The van der Waals surface area contributed by atoms with Gasteiger partial charge in [0, 0.05) is 42.7 Å². The van der Waals surface area contributed by atoms with Crippen LogP contribution in [-0.4, -0.2) is 60.9 Å². The van der Waals surface area contributed by atoms with Gasteiger partial charge in [0.15, 0.2) is 0 Å². The van der Waals surface area contributed by atoms with Crippen molar-refractivity contribution in [2.75, 3.05) is 43.4 Å². The SMILES string of the molecule is CN1CCN(c2ccccc2NC(=O)[C@@H]2c3ccccc3C(=O)N(C3CCCC3)[C@H]2c2cccs2)CC1. The van der Waals surface area contributed by atoms with Gasteiger partial charge in [-0.1, -0.05) is 49.2 Å². The van der Waals surface area contributed by atoms with E-state index in [1.165, 1.54) is 0 Å². The van der Waals surface area contributed by atoms with E-state index in [-0.39, 0.29) is 23.9 Å². The first-order valence-electron chi connectivity index (χ1n) is 13.4. The summed E-state index contributed by atoms with van der Waals surface area (Å²) in [5.74, 6) is -0.473. The summed E-state index contributed by atoms with van der Waals surface area (Å²) in [7, 11) is 2.15. The van der Waals surface area contributed by atoms with Gasteiger partial charge < -0.3 is 20.0 Å². The van der Waals surface area contributed by atoms with Gasteiger partial charge in [0.05, 0.1) is 23.3 Å². The largest absolute Gasteiger partial charge is 0.367 e. The quantitative estimate of drug-likeness (QED) is 0.498. The molecule has 3 aromatic rings. The van der Waals surface area contributed by atoms with E-state index in [0.717, 1.165) is 73.7 Å². The van der Waals surface area contributed by atoms with Gasteiger partial charge >= 0.3 is 0 Å². The Bertz CT molecular complexity index is 1260. The fourth-order valence-corrected chi connectivity index (χ4v) is 7.15. The van der Waals surface area contributed by atoms with Crippen LogP contribution in [0, 0.1) is 0 Å². The Morgan fingerprint density at radius 3 is 2.41 bits per heavy atom. The first-order valence-corrected chi connectivity index (χ1v) is 14.3. The lowest BCUT2D eigenvalue weighted by Crippen LogP contribution is -2.49. The molecule has 1 aromatic heterocycles. The number of hydrogen-bond donors (Lipinski definition) is 1. The molecule has 2 amide bonds. The second-order valence-corrected chi connectivity index (χ2v) is 11.5. The number of piperazine rings is 1. The highest BCUT2D eigenvalue weighted by molar-refractivity contribution is 7.10. The summed E-state index contributed by atoms with van der Waals surface area (Å²) in [6.45, 7) is 3.85. The third-order valence-corrected chi connectivity index (χ3v) is 9.16. The first kappa shape index (κ1) is 24.2. The highest BCUT2D eigenvalue weighted by atomic mass is 32.1. The third kappa shape index (κ3) is 4.55. The molecule has 0 radical (unpaired) electrons. The Kier molecular flexibility index (Phi) is 6.74. The number of likely N-dealkylation sites (N-methyl/N-ethyl adjacent to an activating group) is 1. The number of nitrogens with zero attached hydrogens (tertiary/aromatic N) is 3. The number of para-hydroxylation sites is 2. The molecule has 192 valence electrons. The van der Waals surface area contributed by atoms with E-state index < -0.39 is 5.92 Å². The average molecular weight is 515 g/mol. The van der Waals surface area contributed by atoms with E-state index in [1.54, 1.807) is 11.3 Å². The van der Waals surface area contributed by atoms with Crippen molar-refractivity contribution >= 4 is 34.5 Å². The number of fused-ring (bicyclic) bond motifs is 1. The van der Waals surface area contributed by atoms with Crippen molar-refractivity contribution in [3.05, 3.63) is 82.0 Å². The van der Waals surface area contributed by atoms with Crippen molar-refractivity contribution < 1.29 is 9.59 Å². The van der Waals surface area contributed by atoms with Crippen LogP contribution in [0.4, 0.5) is 11.4 Å². The predicted molar refractivity (Wildman–Crippen MR) is 149 cm³/mol. The number of rotatable bonds is 5. The van der Waals surface area contributed by atoms with E-state index in [2.05, 4.69) is 39.2 Å². The summed E-state index contributed by atoms with van der Waals surface area (Å²) in [6.07, 6.45) is 4.25. The zero-order valence-electron chi connectivity index (χ0n) is 21.3. The van der Waals surface area contributed by atoms with Gasteiger partial charge in [0.2, 0.25) is 5.91 Å². The molecular formula is C30H34N4O2S. The molecule has 0 bridgehead atoms. The summed E-state index contributed by atoms with van der Waals surface area (Å²) in [5.41, 5.74) is 3.39. The van der Waals surface area contributed by atoms with Gasteiger partial charge in [-0.25, -0.2) is 0 Å². The summed E-state index contributed by atoms with van der Waals surface area (Å²) < 4.78 is 0. The molecule has 6 rings (SSSR count). The Hall–Kier alpha value is -3.16. The summed E-state index contributed by atoms with van der Waals surface area (Å²) in [4.78, 5) is 36.0. The molecule has 37 heavy (non-hydrogen) atoms. The minimum atomic E-state index is -0.478. The molecule has 2 aliphatic heterocycles. The molecule has 6 nitrogen and oxygen atoms in total. The van der Waals surface area contributed by atoms with Crippen LogP contribution in [0.3, 0.4) is 0 Å². The molecule has 1 saturated carbocycles. The molecule has 0 spiro atoms. The lowest BCUT2D eigenvalue weighted by molar-refractivity contribution is -0.119. The minimum absolute atomic E-state index is 0.0528. The Labute approximate surface area is 222 Å². The summed E-state index contributed by atoms with van der Waals surface area (Å²) in [6, 6.07) is 19.8. The molecule has 1 N–H and O–H groups in total. The van der Waals surface area contributed by atoms with E-state index in [4.69, 9.17) is 0 Å². The number of amides is 2. The zero-order valence-corrected chi connectivity index (χ0v) is 22.1. The van der Waals surface area contributed by atoms with Crippen molar-refractivity contribution in [1.29, 1.82) is 0 Å². The van der Waals surface area contributed by atoms with Gasteiger partial charge in [-0.2, -0.15) is 0 Å². The summed E-state index contributed by atoms with van der Waals surface area (Å²) in [5, 5.41) is 5.37. The first-order chi connectivity index (χ1) is 18.1. The highest BCUT2D eigenvalue weighted by Gasteiger charge is 2.47. The fourth-order valence-electron chi connectivity index (χ4n) is 6.29. The number of benzene rings is 2. The maximum absolute atomic E-state index is 14.3. The van der Waals surface area contributed by atoms with Crippen LogP contribution in [0.5, 0.6) is 0 Å². The maximum Gasteiger partial charge on any atom is 0.254 e. The molecule has 3 aliphatic rings. The van der Waals surface area contributed by atoms with Crippen LogP contribution in [0.2, 0.25) is 0 Å². The molecule has 2 atom stereocenters. The monoisotopic (exact) mass is 514 g/mol. The van der Waals surface area contributed by atoms with Crippen molar-refractivity contribution in [1.82, 2.24) is 9.80 Å². The number of carbonyl (C=O) groups excluding carboxylic acids is 2.